The zero-order valence-corrected chi connectivity index (χ0v) is 16.4. The molecule has 1 N–H and O–H groups in total. The van der Waals surface area contributed by atoms with Gasteiger partial charge in [0.25, 0.3) is 5.91 Å². The highest BCUT2D eigenvalue weighted by molar-refractivity contribution is 7.99. The van der Waals surface area contributed by atoms with Gasteiger partial charge < -0.3 is 10.1 Å². The standard InChI is InChI=1S/C22H27NO2S/c1-16-7-11-21(12-8-16)26-14-13-23-22(24)17(2)25-20-10-9-18-5-3-4-6-19(18)15-20/h7-12,15,17H,3-6,13-14H2,1-2H3,(H,23,24)/t17-/m1/s1. The second-order valence-electron chi connectivity index (χ2n) is 6.85. The first-order valence-electron chi connectivity index (χ1n) is 9.37. The number of hydrogen-bond donors (Lipinski definition) is 1. The van der Waals surface area contributed by atoms with Crippen LogP contribution in [0.25, 0.3) is 0 Å². The summed E-state index contributed by atoms with van der Waals surface area (Å²) in [6, 6.07) is 14.7. The van der Waals surface area contributed by atoms with Gasteiger partial charge in [0.1, 0.15) is 5.75 Å². The average molecular weight is 370 g/mol. The number of hydrogen-bond acceptors (Lipinski definition) is 3. The van der Waals surface area contributed by atoms with Crippen LogP contribution in [-0.4, -0.2) is 24.3 Å². The highest BCUT2D eigenvalue weighted by Gasteiger charge is 2.16. The molecule has 1 aliphatic carbocycles. The molecule has 0 spiro atoms. The summed E-state index contributed by atoms with van der Waals surface area (Å²) in [4.78, 5) is 13.5. The Morgan fingerprint density at radius 3 is 2.62 bits per heavy atom. The van der Waals surface area contributed by atoms with Crippen molar-refractivity contribution in [1.82, 2.24) is 5.32 Å². The number of carbonyl (C=O) groups excluding carboxylic acids is 1. The van der Waals surface area contributed by atoms with E-state index in [0.717, 1.165) is 24.3 Å². The van der Waals surface area contributed by atoms with Gasteiger partial charge in [-0.05, 0) is 74.9 Å². The molecule has 2 aromatic rings. The van der Waals surface area contributed by atoms with Gasteiger partial charge in [0, 0.05) is 17.2 Å². The predicted octanol–water partition coefficient (Wildman–Crippen LogP) is 4.55. The van der Waals surface area contributed by atoms with E-state index >= 15 is 0 Å². The average Bonchev–Trinajstić information content (AvgIpc) is 2.66. The van der Waals surface area contributed by atoms with E-state index in [1.165, 1.54) is 34.4 Å². The van der Waals surface area contributed by atoms with Crippen LogP contribution >= 0.6 is 11.8 Å². The topological polar surface area (TPSA) is 38.3 Å². The van der Waals surface area contributed by atoms with Gasteiger partial charge >= 0.3 is 0 Å². The van der Waals surface area contributed by atoms with E-state index in [4.69, 9.17) is 4.74 Å². The number of ether oxygens (including phenoxy) is 1. The lowest BCUT2D eigenvalue weighted by atomic mass is 9.92. The van der Waals surface area contributed by atoms with Crippen molar-refractivity contribution in [2.24, 2.45) is 0 Å². The van der Waals surface area contributed by atoms with Crippen molar-refractivity contribution < 1.29 is 9.53 Å². The van der Waals surface area contributed by atoms with E-state index in [1.807, 2.05) is 13.0 Å². The molecule has 2 aromatic carbocycles. The Morgan fingerprint density at radius 2 is 1.85 bits per heavy atom. The van der Waals surface area contributed by atoms with Gasteiger partial charge in [-0.2, -0.15) is 0 Å². The first-order chi connectivity index (χ1) is 12.6. The first-order valence-corrected chi connectivity index (χ1v) is 10.4. The van der Waals surface area contributed by atoms with E-state index in [-0.39, 0.29) is 5.91 Å². The maximum Gasteiger partial charge on any atom is 0.260 e. The monoisotopic (exact) mass is 369 g/mol. The molecule has 1 amide bonds. The Hall–Kier alpha value is -1.94. The van der Waals surface area contributed by atoms with E-state index in [1.54, 1.807) is 11.8 Å². The molecule has 26 heavy (non-hydrogen) atoms. The number of benzene rings is 2. The molecule has 0 fully saturated rings. The molecule has 4 heteroatoms. The Bertz CT molecular complexity index is 742. The van der Waals surface area contributed by atoms with Gasteiger partial charge in [0.2, 0.25) is 0 Å². The van der Waals surface area contributed by atoms with E-state index in [0.29, 0.717) is 6.54 Å². The molecular weight excluding hydrogens is 342 g/mol. The number of fused-ring (bicyclic) bond motifs is 1. The van der Waals surface area contributed by atoms with Crippen molar-refractivity contribution >= 4 is 17.7 Å². The molecule has 0 aromatic heterocycles. The predicted molar refractivity (Wildman–Crippen MR) is 108 cm³/mol. The number of aryl methyl sites for hydroxylation is 3. The van der Waals surface area contributed by atoms with Crippen molar-refractivity contribution in [3.63, 3.8) is 0 Å². The summed E-state index contributed by atoms with van der Waals surface area (Å²) >= 11 is 1.75. The molecule has 1 aliphatic rings. The number of rotatable bonds is 7. The first kappa shape index (κ1) is 18.8. The molecule has 138 valence electrons. The van der Waals surface area contributed by atoms with Crippen molar-refractivity contribution in [2.45, 2.75) is 50.5 Å². The summed E-state index contributed by atoms with van der Waals surface area (Å²) in [6.45, 7) is 4.52. The normalized spacial score (nSPS) is 14.4. The lowest BCUT2D eigenvalue weighted by molar-refractivity contribution is -0.127. The Labute approximate surface area is 160 Å². The third-order valence-corrected chi connectivity index (χ3v) is 5.71. The molecule has 3 nitrogen and oxygen atoms in total. The van der Waals surface area contributed by atoms with Gasteiger partial charge in [0.05, 0.1) is 0 Å². The number of nitrogens with one attached hydrogen (secondary N) is 1. The summed E-state index contributed by atoms with van der Waals surface area (Å²) in [5.74, 6) is 1.58. The minimum Gasteiger partial charge on any atom is -0.481 e. The van der Waals surface area contributed by atoms with Gasteiger partial charge in [-0.1, -0.05) is 23.8 Å². The zero-order chi connectivity index (χ0) is 18.4. The van der Waals surface area contributed by atoms with Crippen LogP contribution in [0.1, 0.15) is 36.5 Å². The third-order valence-electron chi connectivity index (χ3n) is 4.69. The molecular formula is C22H27NO2S. The van der Waals surface area contributed by atoms with Crippen LogP contribution < -0.4 is 10.1 Å². The minimum absolute atomic E-state index is 0.0628. The number of amides is 1. The Kier molecular flexibility index (Phi) is 6.62. The molecule has 0 saturated heterocycles. The quantitative estimate of drug-likeness (QED) is 0.575. The van der Waals surface area contributed by atoms with E-state index in [2.05, 4.69) is 48.6 Å². The van der Waals surface area contributed by atoms with Crippen LogP contribution in [0.3, 0.4) is 0 Å². The minimum atomic E-state index is -0.485. The molecule has 0 bridgehead atoms. The maximum atomic E-state index is 12.2. The fourth-order valence-electron chi connectivity index (χ4n) is 3.16. The molecule has 1 atom stereocenters. The third kappa shape index (κ3) is 5.28. The van der Waals surface area contributed by atoms with Crippen molar-refractivity contribution in [3.05, 3.63) is 59.2 Å². The van der Waals surface area contributed by atoms with E-state index in [9.17, 15) is 4.79 Å². The second-order valence-corrected chi connectivity index (χ2v) is 8.02. The fraction of sp³-hybridized carbons (Fsp3) is 0.409. The highest BCUT2D eigenvalue weighted by atomic mass is 32.2. The van der Waals surface area contributed by atoms with Crippen molar-refractivity contribution in [2.75, 3.05) is 12.3 Å². The van der Waals surface area contributed by atoms with Gasteiger partial charge in [-0.15, -0.1) is 11.8 Å². The van der Waals surface area contributed by atoms with Crippen LogP contribution in [0.4, 0.5) is 0 Å². The summed E-state index contributed by atoms with van der Waals surface area (Å²) in [7, 11) is 0. The van der Waals surface area contributed by atoms with Crippen LogP contribution in [0.5, 0.6) is 5.75 Å². The summed E-state index contributed by atoms with van der Waals surface area (Å²) in [5.41, 5.74) is 4.06. The smallest absolute Gasteiger partial charge is 0.260 e. The van der Waals surface area contributed by atoms with E-state index < -0.39 is 6.10 Å². The summed E-state index contributed by atoms with van der Waals surface area (Å²) in [6.07, 6.45) is 4.30. The highest BCUT2D eigenvalue weighted by Crippen LogP contribution is 2.26. The Morgan fingerprint density at radius 1 is 1.12 bits per heavy atom. The van der Waals surface area contributed by atoms with Crippen molar-refractivity contribution in [3.8, 4) is 5.75 Å². The lowest BCUT2D eigenvalue weighted by Crippen LogP contribution is -2.37. The lowest BCUT2D eigenvalue weighted by Gasteiger charge is -2.19. The second kappa shape index (κ2) is 9.13. The van der Waals surface area contributed by atoms with Crippen LogP contribution in [0.15, 0.2) is 47.4 Å². The molecule has 0 radical (unpaired) electrons. The number of thioether (sulfide) groups is 1. The maximum absolute atomic E-state index is 12.2. The van der Waals surface area contributed by atoms with Crippen molar-refractivity contribution in [1.29, 1.82) is 0 Å². The van der Waals surface area contributed by atoms with Gasteiger partial charge in [-0.3, -0.25) is 4.79 Å². The Balaban J connectivity index is 1.42. The zero-order valence-electron chi connectivity index (χ0n) is 15.6. The largest absolute Gasteiger partial charge is 0.481 e. The molecule has 0 heterocycles. The summed E-state index contributed by atoms with van der Waals surface area (Å²) < 4.78 is 5.85. The molecule has 0 unspecified atom stereocenters. The van der Waals surface area contributed by atoms with Gasteiger partial charge in [0.15, 0.2) is 6.10 Å². The molecule has 0 saturated carbocycles. The van der Waals surface area contributed by atoms with Crippen LogP contribution in [0.2, 0.25) is 0 Å². The van der Waals surface area contributed by atoms with Gasteiger partial charge in [-0.25, -0.2) is 0 Å². The SMILES string of the molecule is Cc1ccc(SCCNC(=O)[C@@H](C)Oc2ccc3c(c2)CCCC3)cc1. The number of carbonyl (C=O) groups is 1. The van der Waals surface area contributed by atoms with Crippen LogP contribution in [0, 0.1) is 6.92 Å². The molecule has 0 aliphatic heterocycles. The van der Waals surface area contributed by atoms with Crippen LogP contribution in [-0.2, 0) is 17.6 Å². The summed E-state index contributed by atoms with van der Waals surface area (Å²) in [5, 5.41) is 2.96. The fourth-order valence-corrected chi connectivity index (χ4v) is 3.93. The molecule has 3 rings (SSSR count).